The molecule has 0 fully saturated rings. The predicted molar refractivity (Wildman–Crippen MR) is 129 cm³/mol. The van der Waals surface area contributed by atoms with Crippen molar-refractivity contribution in [3.63, 3.8) is 0 Å². The first-order valence-corrected chi connectivity index (χ1v) is 11.0. The van der Waals surface area contributed by atoms with Crippen LogP contribution in [-0.4, -0.2) is 30.2 Å². The van der Waals surface area contributed by atoms with Gasteiger partial charge in [-0.3, -0.25) is 0 Å². The molecule has 1 aromatic heterocycles. The number of aromatic nitrogens is 2. The molecule has 0 atom stereocenters. The van der Waals surface area contributed by atoms with Crippen LogP contribution < -0.4 is 20.7 Å². The number of rotatable bonds is 11. The number of hydrogen-bond acceptors (Lipinski definition) is 6. The lowest BCUT2D eigenvalue weighted by molar-refractivity contribution is 0.415. The number of aryl methyl sites for hydroxylation is 2. The fourth-order valence-corrected chi connectivity index (χ4v) is 3.30. The van der Waals surface area contributed by atoms with Crippen LogP contribution in [0, 0.1) is 6.92 Å². The number of ether oxygens (including phenoxy) is 1. The summed E-state index contributed by atoms with van der Waals surface area (Å²) in [6, 6.07) is 13.9. The maximum absolute atomic E-state index is 6.11. The van der Waals surface area contributed by atoms with E-state index >= 15 is 0 Å². The molecule has 0 aliphatic carbocycles. The highest BCUT2D eigenvalue weighted by Gasteiger charge is 2.08. The van der Waals surface area contributed by atoms with Gasteiger partial charge in [-0.15, -0.1) is 0 Å². The summed E-state index contributed by atoms with van der Waals surface area (Å²) in [5.74, 6) is 1.86. The number of methoxy groups -OCH3 is 1. The standard InChI is InChI=1S/C24H30ClN5O/c1-4-13-26-14-5-6-18-7-9-19(10-8-18)29-24-27-16-17(2)23(30-24)28-20-11-12-21(25)22(15-20)31-3/h7-12,15-16,26H,4-6,13-14H2,1-3H3,(H2,27,28,29,30). The number of hydrogen-bond donors (Lipinski definition) is 3. The topological polar surface area (TPSA) is 71.1 Å². The Kier molecular flexibility index (Phi) is 8.50. The molecule has 3 rings (SSSR count). The first-order chi connectivity index (χ1) is 15.1. The highest BCUT2D eigenvalue weighted by molar-refractivity contribution is 6.32. The lowest BCUT2D eigenvalue weighted by atomic mass is 10.1. The molecule has 3 aromatic rings. The van der Waals surface area contributed by atoms with Crippen LogP contribution in [0.2, 0.25) is 5.02 Å². The van der Waals surface area contributed by atoms with Gasteiger partial charge in [0.15, 0.2) is 0 Å². The van der Waals surface area contributed by atoms with E-state index in [0.717, 1.165) is 48.7 Å². The molecule has 1 heterocycles. The van der Waals surface area contributed by atoms with Crippen molar-refractivity contribution >= 4 is 34.7 Å². The van der Waals surface area contributed by atoms with Crippen molar-refractivity contribution in [1.82, 2.24) is 15.3 Å². The van der Waals surface area contributed by atoms with Gasteiger partial charge >= 0.3 is 0 Å². The molecule has 0 spiro atoms. The van der Waals surface area contributed by atoms with E-state index in [2.05, 4.69) is 57.1 Å². The monoisotopic (exact) mass is 439 g/mol. The Balaban J connectivity index is 1.62. The lowest BCUT2D eigenvalue weighted by Crippen LogP contribution is -2.16. The Hall–Kier alpha value is -2.83. The van der Waals surface area contributed by atoms with Gasteiger partial charge < -0.3 is 20.7 Å². The minimum atomic E-state index is 0.533. The van der Waals surface area contributed by atoms with E-state index < -0.39 is 0 Å². The maximum atomic E-state index is 6.11. The number of benzene rings is 2. The van der Waals surface area contributed by atoms with Crippen LogP contribution >= 0.6 is 11.6 Å². The molecule has 7 heteroatoms. The molecular weight excluding hydrogens is 410 g/mol. The highest BCUT2D eigenvalue weighted by Crippen LogP contribution is 2.29. The molecule has 0 saturated heterocycles. The van der Waals surface area contributed by atoms with Gasteiger partial charge in [0.1, 0.15) is 11.6 Å². The maximum Gasteiger partial charge on any atom is 0.229 e. The number of nitrogens with one attached hydrogen (secondary N) is 3. The van der Waals surface area contributed by atoms with Gasteiger partial charge in [0.2, 0.25) is 5.95 Å². The Morgan fingerprint density at radius 2 is 1.77 bits per heavy atom. The Morgan fingerprint density at radius 1 is 1.00 bits per heavy atom. The zero-order valence-electron chi connectivity index (χ0n) is 18.3. The van der Waals surface area contributed by atoms with Crippen molar-refractivity contribution in [3.05, 3.63) is 64.8 Å². The van der Waals surface area contributed by atoms with Crippen LogP contribution in [0.5, 0.6) is 5.75 Å². The van der Waals surface area contributed by atoms with Crippen molar-refractivity contribution in [2.24, 2.45) is 0 Å². The largest absolute Gasteiger partial charge is 0.495 e. The van der Waals surface area contributed by atoms with Crippen molar-refractivity contribution in [2.45, 2.75) is 33.1 Å². The third-order valence-electron chi connectivity index (χ3n) is 4.84. The molecule has 31 heavy (non-hydrogen) atoms. The SMILES string of the molecule is CCCNCCCc1ccc(Nc2ncc(C)c(Nc3ccc(Cl)c(OC)c3)n2)cc1. The molecule has 6 nitrogen and oxygen atoms in total. The second kappa shape index (κ2) is 11.5. The lowest BCUT2D eigenvalue weighted by Gasteiger charge is -2.12. The van der Waals surface area contributed by atoms with Crippen molar-refractivity contribution in [3.8, 4) is 5.75 Å². The summed E-state index contributed by atoms with van der Waals surface area (Å²) in [6.07, 6.45) is 5.17. The van der Waals surface area contributed by atoms with E-state index in [1.165, 1.54) is 12.0 Å². The smallest absolute Gasteiger partial charge is 0.229 e. The zero-order valence-corrected chi connectivity index (χ0v) is 19.1. The van der Waals surface area contributed by atoms with Gasteiger partial charge in [-0.05, 0) is 69.1 Å². The van der Waals surface area contributed by atoms with Crippen molar-refractivity contribution in [1.29, 1.82) is 0 Å². The summed E-state index contributed by atoms with van der Waals surface area (Å²) in [7, 11) is 1.59. The Morgan fingerprint density at radius 3 is 2.52 bits per heavy atom. The van der Waals surface area contributed by atoms with Crippen LogP contribution in [0.15, 0.2) is 48.7 Å². The van der Waals surface area contributed by atoms with E-state index in [1.54, 1.807) is 19.4 Å². The van der Waals surface area contributed by atoms with Gasteiger partial charge in [0, 0.05) is 29.2 Å². The highest BCUT2D eigenvalue weighted by atomic mass is 35.5. The molecular formula is C24H30ClN5O. The van der Waals surface area contributed by atoms with Crippen LogP contribution in [0.25, 0.3) is 0 Å². The van der Waals surface area contributed by atoms with Crippen molar-refractivity contribution < 1.29 is 4.74 Å². The normalized spacial score (nSPS) is 10.7. The molecule has 0 unspecified atom stereocenters. The predicted octanol–water partition coefficient (Wildman–Crippen LogP) is 5.87. The Bertz CT molecular complexity index is 978. The molecule has 0 aliphatic rings. The fraction of sp³-hybridized carbons (Fsp3) is 0.333. The summed E-state index contributed by atoms with van der Waals surface area (Å²) in [5, 5.41) is 10.6. The minimum absolute atomic E-state index is 0.533. The van der Waals surface area contributed by atoms with Gasteiger partial charge in [-0.2, -0.15) is 4.98 Å². The second-order valence-corrected chi connectivity index (χ2v) is 7.78. The molecule has 0 bridgehead atoms. The van der Waals surface area contributed by atoms with Gasteiger partial charge in [-0.1, -0.05) is 30.7 Å². The molecule has 0 amide bonds. The molecule has 0 aliphatic heterocycles. The van der Waals surface area contributed by atoms with Crippen LogP contribution in [0.1, 0.15) is 30.9 Å². The van der Waals surface area contributed by atoms with Crippen LogP contribution in [-0.2, 0) is 6.42 Å². The molecule has 164 valence electrons. The molecule has 3 N–H and O–H groups in total. The minimum Gasteiger partial charge on any atom is -0.495 e. The van der Waals surface area contributed by atoms with E-state index in [-0.39, 0.29) is 0 Å². The molecule has 0 radical (unpaired) electrons. The van der Waals surface area contributed by atoms with Crippen LogP contribution in [0.3, 0.4) is 0 Å². The first kappa shape index (κ1) is 22.8. The average molecular weight is 440 g/mol. The summed E-state index contributed by atoms with van der Waals surface area (Å²) in [6.45, 7) is 6.29. The number of anilines is 4. The van der Waals surface area contributed by atoms with Gasteiger partial charge in [0.25, 0.3) is 0 Å². The molecule has 2 aromatic carbocycles. The summed E-state index contributed by atoms with van der Waals surface area (Å²) >= 11 is 6.11. The fourth-order valence-electron chi connectivity index (χ4n) is 3.11. The summed E-state index contributed by atoms with van der Waals surface area (Å²) in [5.41, 5.74) is 4.06. The summed E-state index contributed by atoms with van der Waals surface area (Å²) < 4.78 is 5.29. The quantitative estimate of drug-likeness (QED) is 0.325. The van der Waals surface area contributed by atoms with E-state index in [0.29, 0.717) is 16.7 Å². The van der Waals surface area contributed by atoms with E-state index in [9.17, 15) is 0 Å². The van der Waals surface area contributed by atoms with Crippen molar-refractivity contribution in [2.75, 3.05) is 30.8 Å². The van der Waals surface area contributed by atoms with E-state index in [4.69, 9.17) is 16.3 Å². The zero-order chi connectivity index (χ0) is 22.1. The second-order valence-electron chi connectivity index (χ2n) is 7.38. The van der Waals surface area contributed by atoms with Crippen LogP contribution in [0.4, 0.5) is 23.1 Å². The third-order valence-corrected chi connectivity index (χ3v) is 5.15. The third kappa shape index (κ3) is 6.84. The average Bonchev–Trinajstić information content (AvgIpc) is 2.78. The number of halogens is 1. The molecule has 0 saturated carbocycles. The summed E-state index contributed by atoms with van der Waals surface area (Å²) in [4.78, 5) is 9.03. The van der Waals surface area contributed by atoms with E-state index in [1.807, 2.05) is 19.1 Å². The Labute approximate surface area is 189 Å². The van der Waals surface area contributed by atoms with Gasteiger partial charge in [-0.25, -0.2) is 4.98 Å². The van der Waals surface area contributed by atoms with Gasteiger partial charge in [0.05, 0.1) is 12.1 Å². The number of nitrogens with zero attached hydrogens (tertiary/aromatic N) is 2. The first-order valence-electron chi connectivity index (χ1n) is 10.6.